The van der Waals surface area contributed by atoms with Crippen molar-refractivity contribution in [2.45, 2.75) is 26.3 Å². The van der Waals surface area contributed by atoms with Gasteiger partial charge in [-0.1, -0.05) is 6.92 Å². The molecule has 1 heterocycles. The molecule has 1 saturated heterocycles. The van der Waals surface area contributed by atoms with Crippen LogP contribution < -0.4 is 0 Å². The Morgan fingerprint density at radius 1 is 1.36 bits per heavy atom. The van der Waals surface area contributed by atoms with Crippen LogP contribution in [0.25, 0.3) is 0 Å². The summed E-state index contributed by atoms with van der Waals surface area (Å²) in [6.07, 6.45) is 0.256. The third-order valence-corrected chi connectivity index (χ3v) is 2.95. The molecule has 1 unspecified atom stereocenters. The molecule has 1 aliphatic heterocycles. The van der Waals surface area contributed by atoms with Crippen LogP contribution in [0, 0.1) is 0 Å². The van der Waals surface area contributed by atoms with Gasteiger partial charge in [0.25, 0.3) is 0 Å². The van der Waals surface area contributed by atoms with Crippen molar-refractivity contribution >= 4 is 5.97 Å². The topological polar surface area (TPSA) is 43.8 Å². The molecule has 1 fully saturated rings. The molecule has 1 atom stereocenters. The van der Waals surface area contributed by atoms with Gasteiger partial charge in [-0.25, -0.2) is 0 Å². The van der Waals surface area contributed by atoms with Crippen molar-refractivity contribution in [1.82, 2.24) is 9.80 Å². The zero-order chi connectivity index (χ0) is 10.6. The minimum Gasteiger partial charge on any atom is -0.481 e. The van der Waals surface area contributed by atoms with Crippen molar-refractivity contribution < 1.29 is 9.90 Å². The maximum atomic E-state index is 10.5. The molecule has 4 nitrogen and oxygen atoms in total. The van der Waals surface area contributed by atoms with Crippen molar-refractivity contribution in [3.05, 3.63) is 0 Å². The predicted molar refractivity (Wildman–Crippen MR) is 55.4 cm³/mol. The van der Waals surface area contributed by atoms with Gasteiger partial charge in [0.1, 0.15) is 0 Å². The van der Waals surface area contributed by atoms with Gasteiger partial charge in [0.05, 0.1) is 6.42 Å². The number of aliphatic carboxylic acids is 1. The van der Waals surface area contributed by atoms with Gasteiger partial charge >= 0.3 is 5.97 Å². The van der Waals surface area contributed by atoms with E-state index in [0.29, 0.717) is 0 Å². The van der Waals surface area contributed by atoms with E-state index in [1.807, 2.05) is 6.92 Å². The van der Waals surface area contributed by atoms with Crippen molar-refractivity contribution in [3.8, 4) is 0 Å². The van der Waals surface area contributed by atoms with E-state index in [1.165, 1.54) is 0 Å². The Morgan fingerprint density at radius 3 is 2.36 bits per heavy atom. The number of rotatable bonds is 4. The summed E-state index contributed by atoms with van der Waals surface area (Å²) in [7, 11) is 0. The minimum absolute atomic E-state index is 0.173. The lowest BCUT2D eigenvalue weighted by Crippen LogP contribution is -2.49. The van der Waals surface area contributed by atoms with E-state index < -0.39 is 5.97 Å². The van der Waals surface area contributed by atoms with Crippen LogP contribution in [0.5, 0.6) is 0 Å². The van der Waals surface area contributed by atoms with E-state index in [1.54, 1.807) is 0 Å². The van der Waals surface area contributed by atoms with Crippen LogP contribution in [-0.4, -0.2) is 59.6 Å². The van der Waals surface area contributed by atoms with Crippen LogP contribution in [0.1, 0.15) is 20.3 Å². The third-order valence-electron chi connectivity index (χ3n) is 2.95. The van der Waals surface area contributed by atoms with E-state index >= 15 is 0 Å². The monoisotopic (exact) mass is 200 g/mol. The fraction of sp³-hybridized carbons (Fsp3) is 0.900. The first-order valence-corrected chi connectivity index (χ1v) is 5.31. The summed E-state index contributed by atoms with van der Waals surface area (Å²) < 4.78 is 0. The van der Waals surface area contributed by atoms with Crippen molar-refractivity contribution in [2.24, 2.45) is 0 Å². The number of hydrogen-bond acceptors (Lipinski definition) is 3. The molecule has 0 amide bonds. The Bertz CT molecular complexity index is 189. The first-order valence-electron chi connectivity index (χ1n) is 5.31. The Balaban J connectivity index is 2.30. The first kappa shape index (κ1) is 11.5. The summed E-state index contributed by atoms with van der Waals surface area (Å²) in [5.74, 6) is -0.699. The van der Waals surface area contributed by atoms with Crippen molar-refractivity contribution in [2.75, 3.05) is 32.7 Å². The van der Waals surface area contributed by atoms with Crippen LogP contribution >= 0.6 is 0 Å². The molecule has 0 aromatic carbocycles. The molecule has 14 heavy (non-hydrogen) atoms. The van der Waals surface area contributed by atoms with Crippen LogP contribution in [0.4, 0.5) is 0 Å². The van der Waals surface area contributed by atoms with Gasteiger partial charge in [0, 0.05) is 32.2 Å². The van der Waals surface area contributed by atoms with Crippen LogP contribution in [0.3, 0.4) is 0 Å². The number of piperazine rings is 1. The standard InChI is InChI=1S/C10H20N2O2/c1-3-11-4-6-12(7-5-11)9(2)8-10(13)14/h9H,3-8H2,1-2H3,(H,13,14). The highest BCUT2D eigenvalue weighted by molar-refractivity contribution is 5.67. The molecule has 1 N–H and O–H groups in total. The summed E-state index contributed by atoms with van der Waals surface area (Å²) in [5.41, 5.74) is 0. The number of hydrogen-bond donors (Lipinski definition) is 1. The molecule has 0 aromatic rings. The normalized spacial score (nSPS) is 22.1. The molecule has 0 saturated carbocycles. The Morgan fingerprint density at radius 2 is 1.93 bits per heavy atom. The van der Waals surface area contributed by atoms with E-state index in [0.717, 1.165) is 32.7 Å². The molecule has 82 valence electrons. The summed E-state index contributed by atoms with van der Waals surface area (Å²) in [5, 5.41) is 8.68. The van der Waals surface area contributed by atoms with Crippen LogP contribution in [0.2, 0.25) is 0 Å². The Kier molecular flexibility index (Phi) is 4.35. The van der Waals surface area contributed by atoms with Gasteiger partial charge in [-0.2, -0.15) is 0 Å². The minimum atomic E-state index is -0.699. The number of nitrogens with zero attached hydrogens (tertiary/aromatic N) is 2. The molecule has 1 rings (SSSR count). The number of carboxylic acids is 1. The van der Waals surface area contributed by atoms with Gasteiger partial charge < -0.3 is 10.0 Å². The summed E-state index contributed by atoms with van der Waals surface area (Å²) in [4.78, 5) is 15.2. The lowest BCUT2D eigenvalue weighted by Gasteiger charge is -2.37. The predicted octanol–water partition coefficient (Wildman–Crippen LogP) is 0.487. The molecule has 0 spiro atoms. The maximum Gasteiger partial charge on any atom is 0.304 e. The van der Waals surface area contributed by atoms with Gasteiger partial charge in [-0.15, -0.1) is 0 Å². The Labute approximate surface area is 85.5 Å². The fourth-order valence-electron chi connectivity index (χ4n) is 1.90. The molecule has 1 aliphatic rings. The van der Waals surface area contributed by atoms with Gasteiger partial charge in [0.2, 0.25) is 0 Å². The lowest BCUT2D eigenvalue weighted by molar-refractivity contribution is -0.138. The number of carbonyl (C=O) groups is 1. The average Bonchev–Trinajstić information content (AvgIpc) is 2.17. The smallest absolute Gasteiger partial charge is 0.304 e. The average molecular weight is 200 g/mol. The summed E-state index contributed by atoms with van der Waals surface area (Å²) in [6, 6.07) is 0.173. The van der Waals surface area contributed by atoms with Crippen LogP contribution in [0.15, 0.2) is 0 Å². The zero-order valence-corrected chi connectivity index (χ0v) is 9.07. The molecule has 0 aromatic heterocycles. The first-order chi connectivity index (χ1) is 6.63. The van der Waals surface area contributed by atoms with Gasteiger partial charge in [0.15, 0.2) is 0 Å². The second kappa shape index (κ2) is 5.32. The molecular weight excluding hydrogens is 180 g/mol. The number of carboxylic acid groups (broad SMARTS) is 1. The largest absolute Gasteiger partial charge is 0.481 e. The third kappa shape index (κ3) is 3.27. The van der Waals surface area contributed by atoms with Crippen molar-refractivity contribution in [1.29, 1.82) is 0 Å². The molecule has 4 heteroatoms. The van der Waals surface area contributed by atoms with Gasteiger partial charge in [-0.3, -0.25) is 9.69 Å². The number of likely N-dealkylation sites (N-methyl/N-ethyl adjacent to an activating group) is 1. The van der Waals surface area contributed by atoms with E-state index in [-0.39, 0.29) is 12.5 Å². The highest BCUT2D eigenvalue weighted by Gasteiger charge is 2.21. The second-order valence-corrected chi connectivity index (χ2v) is 3.92. The molecule has 0 radical (unpaired) electrons. The molecular formula is C10H20N2O2. The summed E-state index contributed by atoms with van der Waals surface area (Å²) in [6.45, 7) is 9.40. The Hall–Kier alpha value is -0.610. The lowest BCUT2D eigenvalue weighted by atomic mass is 10.2. The molecule has 0 bridgehead atoms. The maximum absolute atomic E-state index is 10.5. The highest BCUT2D eigenvalue weighted by atomic mass is 16.4. The van der Waals surface area contributed by atoms with E-state index in [9.17, 15) is 4.79 Å². The van der Waals surface area contributed by atoms with Crippen LogP contribution in [-0.2, 0) is 4.79 Å². The second-order valence-electron chi connectivity index (χ2n) is 3.92. The summed E-state index contributed by atoms with van der Waals surface area (Å²) >= 11 is 0. The quantitative estimate of drug-likeness (QED) is 0.717. The van der Waals surface area contributed by atoms with E-state index in [4.69, 9.17) is 5.11 Å². The zero-order valence-electron chi connectivity index (χ0n) is 9.07. The van der Waals surface area contributed by atoms with Gasteiger partial charge in [-0.05, 0) is 13.5 Å². The fourth-order valence-corrected chi connectivity index (χ4v) is 1.90. The van der Waals surface area contributed by atoms with E-state index in [2.05, 4.69) is 16.7 Å². The molecule has 0 aliphatic carbocycles. The van der Waals surface area contributed by atoms with Crippen molar-refractivity contribution in [3.63, 3.8) is 0 Å². The highest BCUT2D eigenvalue weighted by Crippen LogP contribution is 2.08. The SMILES string of the molecule is CCN1CCN(C(C)CC(=O)O)CC1.